The van der Waals surface area contributed by atoms with Crippen molar-refractivity contribution in [2.75, 3.05) is 6.61 Å². The van der Waals surface area contributed by atoms with Crippen LogP contribution in [0.5, 0.6) is 5.75 Å². The fourth-order valence-electron chi connectivity index (χ4n) is 2.05. The fraction of sp³-hybridized carbons (Fsp3) is 0.235. The second kappa shape index (κ2) is 7.62. The van der Waals surface area contributed by atoms with Crippen molar-refractivity contribution in [3.63, 3.8) is 0 Å². The van der Waals surface area contributed by atoms with Crippen LogP contribution in [0.3, 0.4) is 0 Å². The lowest BCUT2D eigenvalue weighted by Crippen LogP contribution is -2.04. The maximum absolute atomic E-state index is 11.9. The average Bonchev–Trinajstić information content (AvgIpc) is 2.46. The Morgan fingerprint density at radius 2 is 1.95 bits per heavy atom. The summed E-state index contributed by atoms with van der Waals surface area (Å²) in [5, 5.41) is 0.580. The number of carbonyl (C=O) groups excluding carboxylic acids is 1. The van der Waals surface area contributed by atoms with Crippen LogP contribution < -0.4 is 4.74 Å². The first-order valence-electron chi connectivity index (χ1n) is 6.74. The molecule has 0 fully saturated rings. The Labute approximate surface area is 138 Å². The predicted octanol–water partition coefficient (Wildman–Crippen LogP) is 5.45. The molecule has 2 aromatic carbocycles. The van der Waals surface area contributed by atoms with E-state index in [0.29, 0.717) is 30.2 Å². The van der Waals surface area contributed by atoms with Gasteiger partial charge in [-0.2, -0.15) is 0 Å². The number of aryl methyl sites for hydroxylation is 1. The molecule has 0 aliphatic heterocycles. The topological polar surface area (TPSA) is 26.3 Å². The lowest BCUT2D eigenvalue weighted by molar-refractivity contribution is 0.0973. The molecule has 2 rings (SSSR count). The summed E-state index contributed by atoms with van der Waals surface area (Å²) in [5.41, 5.74) is 1.72. The highest BCUT2D eigenvalue weighted by atomic mass is 79.9. The first-order chi connectivity index (χ1) is 10.1. The number of rotatable bonds is 6. The lowest BCUT2D eigenvalue weighted by Gasteiger charge is -2.11. The molecule has 0 aromatic heterocycles. The van der Waals surface area contributed by atoms with Crippen LogP contribution in [0.15, 0.2) is 46.9 Å². The van der Waals surface area contributed by atoms with E-state index in [9.17, 15) is 4.79 Å². The molecule has 0 amide bonds. The van der Waals surface area contributed by atoms with E-state index in [1.54, 1.807) is 6.07 Å². The third-order valence-electron chi connectivity index (χ3n) is 3.08. The molecule has 0 atom stereocenters. The van der Waals surface area contributed by atoms with E-state index in [0.717, 1.165) is 15.6 Å². The number of hydrogen-bond donors (Lipinski definition) is 0. The Hall–Kier alpha value is -1.32. The van der Waals surface area contributed by atoms with E-state index >= 15 is 0 Å². The number of ether oxygens (including phenoxy) is 1. The molecule has 0 aliphatic carbocycles. The van der Waals surface area contributed by atoms with Crippen LogP contribution in [-0.2, 0) is 0 Å². The third-order valence-corrected chi connectivity index (χ3v) is 3.82. The molecule has 2 nitrogen and oxygen atoms in total. The van der Waals surface area contributed by atoms with Gasteiger partial charge in [0.25, 0.3) is 0 Å². The third kappa shape index (κ3) is 4.58. The highest BCUT2D eigenvalue weighted by molar-refractivity contribution is 9.10. The Morgan fingerprint density at radius 3 is 2.62 bits per heavy atom. The summed E-state index contributed by atoms with van der Waals surface area (Å²) in [5.74, 6) is 0.824. The van der Waals surface area contributed by atoms with Gasteiger partial charge in [-0.3, -0.25) is 4.79 Å². The van der Waals surface area contributed by atoms with Crippen LogP contribution in [0, 0.1) is 6.92 Å². The second-order valence-corrected chi connectivity index (χ2v) is 6.10. The van der Waals surface area contributed by atoms with Gasteiger partial charge < -0.3 is 4.74 Å². The van der Waals surface area contributed by atoms with Crippen LogP contribution in [0.1, 0.15) is 28.8 Å². The summed E-state index contributed by atoms with van der Waals surface area (Å²) >= 11 is 9.54. The van der Waals surface area contributed by atoms with E-state index in [2.05, 4.69) is 15.9 Å². The Morgan fingerprint density at radius 1 is 1.24 bits per heavy atom. The summed E-state index contributed by atoms with van der Waals surface area (Å²) in [6.07, 6.45) is 1.14. The Bertz CT molecular complexity index is 603. The molecule has 110 valence electrons. The fourth-order valence-corrected chi connectivity index (χ4v) is 3.07. The minimum atomic E-state index is 0.137. The normalized spacial score (nSPS) is 10.4. The SMILES string of the molecule is Cc1cc(Br)cc(Cl)c1OCCCC(=O)c1ccccc1. The summed E-state index contributed by atoms with van der Waals surface area (Å²) in [6, 6.07) is 13.1. The van der Waals surface area contributed by atoms with Crippen LogP contribution >= 0.6 is 27.5 Å². The van der Waals surface area contributed by atoms with Crippen molar-refractivity contribution >= 4 is 33.3 Å². The molecule has 0 radical (unpaired) electrons. The standard InChI is InChI=1S/C17H16BrClO2/c1-12-10-14(18)11-15(19)17(12)21-9-5-8-16(20)13-6-3-2-4-7-13/h2-4,6-7,10-11H,5,8-9H2,1H3. The number of hydrogen-bond acceptors (Lipinski definition) is 2. The molecule has 0 spiro atoms. The molecule has 0 heterocycles. The van der Waals surface area contributed by atoms with Crippen LogP contribution in [0.2, 0.25) is 5.02 Å². The number of carbonyl (C=O) groups is 1. The average molecular weight is 368 g/mol. The quantitative estimate of drug-likeness (QED) is 0.501. The monoisotopic (exact) mass is 366 g/mol. The van der Waals surface area contributed by atoms with E-state index in [1.807, 2.05) is 43.3 Å². The number of ketones is 1. The molecular weight excluding hydrogens is 352 g/mol. The molecule has 21 heavy (non-hydrogen) atoms. The maximum Gasteiger partial charge on any atom is 0.163 e. The first-order valence-corrected chi connectivity index (χ1v) is 7.91. The van der Waals surface area contributed by atoms with Gasteiger partial charge in [-0.15, -0.1) is 0 Å². The van der Waals surface area contributed by atoms with Crippen molar-refractivity contribution in [3.05, 3.63) is 63.1 Å². The molecule has 0 N–H and O–H groups in total. The summed E-state index contributed by atoms with van der Waals surface area (Å²) < 4.78 is 6.63. The molecule has 0 unspecified atom stereocenters. The van der Waals surface area contributed by atoms with Gasteiger partial charge in [0.1, 0.15) is 5.75 Å². The number of Topliss-reactive ketones (excluding diaryl/α,β-unsaturated/α-hetero) is 1. The predicted molar refractivity (Wildman–Crippen MR) is 89.4 cm³/mol. The van der Waals surface area contributed by atoms with E-state index in [-0.39, 0.29) is 5.78 Å². The van der Waals surface area contributed by atoms with Gasteiger partial charge in [-0.05, 0) is 31.0 Å². The lowest BCUT2D eigenvalue weighted by atomic mass is 10.1. The van der Waals surface area contributed by atoms with Crippen LogP contribution in [-0.4, -0.2) is 12.4 Å². The van der Waals surface area contributed by atoms with Gasteiger partial charge in [0.2, 0.25) is 0 Å². The minimum Gasteiger partial charge on any atom is -0.492 e. The van der Waals surface area contributed by atoms with Crippen molar-refractivity contribution in [3.8, 4) is 5.75 Å². The van der Waals surface area contributed by atoms with Gasteiger partial charge in [0.15, 0.2) is 5.78 Å². The molecular formula is C17H16BrClO2. The molecule has 2 aromatic rings. The second-order valence-electron chi connectivity index (χ2n) is 4.77. The van der Waals surface area contributed by atoms with Gasteiger partial charge in [0.05, 0.1) is 11.6 Å². The Balaban J connectivity index is 1.84. The van der Waals surface area contributed by atoms with Crippen molar-refractivity contribution in [2.45, 2.75) is 19.8 Å². The first kappa shape index (κ1) is 16.1. The zero-order chi connectivity index (χ0) is 15.2. The van der Waals surface area contributed by atoms with Gasteiger partial charge in [0, 0.05) is 16.5 Å². The van der Waals surface area contributed by atoms with E-state index in [4.69, 9.17) is 16.3 Å². The maximum atomic E-state index is 11.9. The molecule has 0 saturated heterocycles. The van der Waals surface area contributed by atoms with Crippen molar-refractivity contribution in [1.29, 1.82) is 0 Å². The molecule has 4 heteroatoms. The minimum absolute atomic E-state index is 0.137. The van der Waals surface area contributed by atoms with Crippen molar-refractivity contribution in [1.82, 2.24) is 0 Å². The summed E-state index contributed by atoms with van der Waals surface area (Å²) in [4.78, 5) is 11.9. The summed E-state index contributed by atoms with van der Waals surface area (Å²) in [6.45, 7) is 2.42. The number of halogens is 2. The van der Waals surface area contributed by atoms with Crippen LogP contribution in [0.4, 0.5) is 0 Å². The largest absolute Gasteiger partial charge is 0.492 e. The zero-order valence-electron chi connectivity index (χ0n) is 11.7. The number of benzene rings is 2. The highest BCUT2D eigenvalue weighted by Crippen LogP contribution is 2.32. The molecule has 0 bridgehead atoms. The molecule has 0 saturated carbocycles. The highest BCUT2D eigenvalue weighted by Gasteiger charge is 2.08. The van der Waals surface area contributed by atoms with Crippen molar-refractivity contribution < 1.29 is 9.53 Å². The zero-order valence-corrected chi connectivity index (χ0v) is 14.1. The smallest absolute Gasteiger partial charge is 0.163 e. The van der Waals surface area contributed by atoms with Gasteiger partial charge >= 0.3 is 0 Å². The van der Waals surface area contributed by atoms with E-state index < -0.39 is 0 Å². The molecule has 0 aliphatic rings. The Kier molecular flexibility index (Phi) is 5.83. The van der Waals surface area contributed by atoms with Crippen LogP contribution in [0.25, 0.3) is 0 Å². The van der Waals surface area contributed by atoms with Gasteiger partial charge in [-0.25, -0.2) is 0 Å². The van der Waals surface area contributed by atoms with E-state index in [1.165, 1.54) is 0 Å². The van der Waals surface area contributed by atoms with Gasteiger partial charge in [-0.1, -0.05) is 57.9 Å². The van der Waals surface area contributed by atoms with Crippen molar-refractivity contribution in [2.24, 2.45) is 0 Å². The summed E-state index contributed by atoms with van der Waals surface area (Å²) in [7, 11) is 0.